The van der Waals surface area contributed by atoms with Crippen LogP contribution in [0, 0.1) is 11.7 Å². The Kier molecular flexibility index (Phi) is 6.59. The van der Waals surface area contributed by atoms with Crippen molar-refractivity contribution in [3.63, 3.8) is 0 Å². The average Bonchev–Trinajstić information content (AvgIpc) is 3.29. The summed E-state index contributed by atoms with van der Waals surface area (Å²) in [4.78, 5) is 12.7. The monoisotopic (exact) mass is 476 g/mol. The minimum atomic E-state index is -3.80. The van der Waals surface area contributed by atoms with E-state index >= 15 is 0 Å². The molecule has 168 valence electrons. The molecule has 32 heavy (non-hydrogen) atoms. The molecule has 2 aromatic carbocycles. The largest absolute Gasteiger partial charge is 0.326 e. The number of carbonyl (C=O) groups is 1. The molecular formula is C22H22ClFN4O3S. The van der Waals surface area contributed by atoms with Crippen LogP contribution in [-0.4, -0.2) is 41.5 Å². The summed E-state index contributed by atoms with van der Waals surface area (Å²) in [7, 11) is -3.80. The summed E-state index contributed by atoms with van der Waals surface area (Å²) in [5.74, 6) is -1.11. The summed E-state index contributed by atoms with van der Waals surface area (Å²) in [6.07, 6.45) is 4.37. The quantitative estimate of drug-likeness (QED) is 0.587. The maximum atomic E-state index is 13.4. The fourth-order valence-electron chi connectivity index (χ4n) is 3.72. The molecule has 0 bridgehead atoms. The SMILES string of the molecule is O=C(Nc1cccc(Cn2cccn2)c1)C1CCN(S(=O)(=O)c2ccc(F)c(Cl)c2)CC1. The minimum absolute atomic E-state index is 0.0548. The van der Waals surface area contributed by atoms with Crippen molar-refractivity contribution >= 4 is 33.2 Å². The Bertz CT molecular complexity index is 1210. The van der Waals surface area contributed by atoms with Gasteiger partial charge in [-0.1, -0.05) is 23.7 Å². The Morgan fingerprint density at radius 1 is 1.16 bits per heavy atom. The van der Waals surface area contributed by atoms with Gasteiger partial charge in [-0.15, -0.1) is 0 Å². The number of benzene rings is 2. The number of piperidine rings is 1. The van der Waals surface area contributed by atoms with Crippen LogP contribution >= 0.6 is 11.6 Å². The van der Waals surface area contributed by atoms with Gasteiger partial charge in [0.1, 0.15) is 5.82 Å². The first-order chi connectivity index (χ1) is 15.3. The van der Waals surface area contributed by atoms with Gasteiger partial charge in [0, 0.05) is 37.1 Å². The van der Waals surface area contributed by atoms with E-state index in [4.69, 9.17) is 11.6 Å². The van der Waals surface area contributed by atoms with E-state index in [9.17, 15) is 17.6 Å². The number of sulfonamides is 1. The predicted octanol–water partition coefficient (Wildman–Crippen LogP) is 3.76. The lowest BCUT2D eigenvalue weighted by Gasteiger charge is -2.30. The molecule has 7 nitrogen and oxygen atoms in total. The van der Waals surface area contributed by atoms with Crippen molar-refractivity contribution in [2.45, 2.75) is 24.3 Å². The van der Waals surface area contributed by atoms with Crippen LogP contribution < -0.4 is 5.32 Å². The number of hydrogen-bond donors (Lipinski definition) is 1. The highest BCUT2D eigenvalue weighted by molar-refractivity contribution is 7.89. The Hall–Kier alpha value is -2.75. The number of aromatic nitrogens is 2. The van der Waals surface area contributed by atoms with E-state index < -0.39 is 15.8 Å². The lowest BCUT2D eigenvalue weighted by Crippen LogP contribution is -2.41. The zero-order valence-electron chi connectivity index (χ0n) is 17.1. The van der Waals surface area contributed by atoms with E-state index in [1.807, 2.05) is 36.5 Å². The van der Waals surface area contributed by atoms with Crippen LogP contribution in [0.3, 0.4) is 0 Å². The smallest absolute Gasteiger partial charge is 0.243 e. The number of rotatable bonds is 6. The van der Waals surface area contributed by atoms with Crippen LogP contribution in [0.1, 0.15) is 18.4 Å². The van der Waals surface area contributed by atoms with Crippen LogP contribution in [0.25, 0.3) is 0 Å². The summed E-state index contributed by atoms with van der Waals surface area (Å²) < 4.78 is 42.1. The molecule has 1 N–H and O–H groups in total. The molecule has 0 saturated carbocycles. The fraction of sp³-hybridized carbons (Fsp3) is 0.273. The van der Waals surface area contributed by atoms with Crippen molar-refractivity contribution in [3.05, 3.63) is 77.3 Å². The van der Waals surface area contributed by atoms with E-state index in [1.54, 1.807) is 10.9 Å². The minimum Gasteiger partial charge on any atom is -0.326 e. The molecule has 2 heterocycles. The number of halogens is 2. The third kappa shape index (κ3) is 5.01. The van der Waals surface area contributed by atoms with Gasteiger partial charge in [-0.3, -0.25) is 9.48 Å². The zero-order valence-corrected chi connectivity index (χ0v) is 18.7. The van der Waals surface area contributed by atoms with Gasteiger partial charge in [0.05, 0.1) is 16.5 Å². The van der Waals surface area contributed by atoms with Crippen molar-refractivity contribution in [1.82, 2.24) is 14.1 Å². The number of hydrogen-bond acceptors (Lipinski definition) is 4. The van der Waals surface area contributed by atoms with Crippen molar-refractivity contribution in [1.29, 1.82) is 0 Å². The third-order valence-electron chi connectivity index (χ3n) is 5.45. The van der Waals surface area contributed by atoms with E-state index in [-0.39, 0.29) is 34.8 Å². The molecule has 1 fully saturated rings. The van der Waals surface area contributed by atoms with Gasteiger partial charge in [-0.25, -0.2) is 12.8 Å². The molecule has 0 unspecified atom stereocenters. The molecule has 4 rings (SSSR count). The summed E-state index contributed by atoms with van der Waals surface area (Å²) in [5, 5.41) is 6.88. The van der Waals surface area contributed by atoms with Crippen molar-refractivity contribution < 1.29 is 17.6 Å². The number of nitrogens with zero attached hydrogens (tertiary/aromatic N) is 3. The number of nitrogens with one attached hydrogen (secondary N) is 1. The van der Waals surface area contributed by atoms with Gasteiger partial charge in [0.2, 0.25) is 15.9 Å². The summed E-state index contributed by atoms with van der Waals surface area (Å²) in [6, 6.07) is 12.8. The molecule has 0 atom stereocenters. The Balaban J connectivity index is 1.36. The van der Waals surface area contributed by atoms with Crippen LogP contribution in [-0.2, 0) is 21.4 Å². The van der Waals surface area contributed by atoms with Crippen LogP contribution in [0.5, 0.6) is 0 Å². The van der Waals surface area contributed by atoms with Gasteiger partial charge in [-0.2, -0.15) is 9.40 Å². The molecule has 1 aliphatic heterocycles. The normalized spacial score (nSPS) is 15.6. The first kappa shape index (κ1) is 22.4. The molecule has 0 spiro atoms. The molecule has 1 aromatic heterocycles. The molecule has 1 amide bonds. The molecule has 0 aliphatic carbocycles. The third-order valence-corrected chi connectivity index (χ3v) is 7.64. The first-order valence-electron chi connectivity index (χ1n) is 10.2. The van der Waals surface area contributed by atoms with E-state index in [2.05, 4.69) is 10.4 Å². The molecule has 3 aromatic rings. The maximum absolute atomic E-state index is 13.4. The number of amides is 1. The lowest BCUT2D eigenvalue weighted by atomic mass is 9.97. The highest BCUT2D eigenvalue weighted by Gasteiger charge is 2.32. The van der Waals surface area contributed by atoms with Crippen molar-refractivity contribution in [3.8, 4) is 0 Å². The molecule has 10 heteroatoms. The zero-order chi connectivity index (χ0) is 22.7. The summed E-state index contributed by atoms with van der Waals surface area (Å²) in [6.45, 7) is 1.00. The summed E-state index contributed by atoms with van der Waals surface area (Å²) in [5.41, 5.74) is 1.70. The molecule has 1 aliphatic rings. The van der Waals surface area contributed by atoms with Gasteiger partial charge in [0.25, 0.3) is 0 Å². The topological polar surface area (TPSA) is 84.3 Å². The fourth-order valence-corrected chi connectivity index (χ4v) is 5.46. The standard InChI is InChI=1S/C22H22ClFN4O3S/c23-20-14-19(5-6-21(20)24)32(30,31)28-11-7-17(8-12-28)22(29)26-18-4-1-3-16(13-18)15-27-10-2-9-25-27/h1-6,9-10,13-14,17H,7-8,11-12,15H2,(H,26,29). The highest BCUT2D eigenvalue weighted by atomic mass is 35.5. The molecule has 0 radical (unpaired) electrons. The van der Waals surface area contributed by atoms with Crippen molar-refractivity contribution in [2.75, 3.05) is 18.4 Å². The highest BCUT2D eigenvalue weighted by Crippen LogP contribution is 2.27. The van der Waals surface area contributed by atoms with E-state index in [0.29, 0.717) is 25.1 Å². The van der Waals surface area contributed by atoms with E-state index in [0.717, 1.165) is 17.7 Å². The molecular weight excluding hydrogens is 455 g/mol. The van der Waals surface area contributed by atoms with Gasteiger partial charge in [0.15, 0.2) is 0 Å². The van der Waals surface area contributed by atoms with Crippen LogP contribution in [0.15, 0.2) is 65.8 Å². The first-order valence-corrected chi connectivity index (χ1v) is 12.0. The second-order valence-corrected chi connectivity index (χ2v) is 9.99. The average molecular weight is 477 g/mol. The van der Waals surface area contributed by atoms with Crippen LogP contribution in [0.2, 0.25) is 5.02 Å². The Morgan fingerprint density at radius 3 is 2.62 bits per heavy atom. The second kappa shape index (κ2) is 9.40. The Labute approximate surface area is 190 Å². The van der Waals surface area contributed by atoms with Gasteiger partial charge in [-0.05, 0) is 54.8 Å². The predicted molar refractivity (Wildman–Crippen MR) is 119 cm³/mol. The van der Waals surface area contributed by atoms with E-state index in [1.165, 1.54) is 10.4 Å². The number of carbonyl (C=O) groups excluding carboxylic acids is 1. The van der Waals surface area contributed by atoms with Gasteiger partial charge < -0.3 is 5.32 Å². The van der Waals surface area contributed by atoms with Crippen LogP contribution in [0.4, 0.5) is 10.1 Å². The molecule has 1 saturated heterocycles. The van der Waals surface area contributed by atoms with Crippen molar-refractivity contribution in [2.24, 2.45) is 5.92 Å². The Morgan fingerprint density at radius 2 is 1.94 bits per heavy atom. The number of anilines is 1. The summed E-state index contributed by atoms with van der Waals surface area (Å²) >= 11 is 5.74. The van der Waals surface area contributed by atoms with Gasteiger partial charge >= 0.3 is 0 Å². The lowest BCUT2D eigenvalue weighted by molar-refractivity contribution is -0.120. The second-order valence-electron chi connectivity index (χ2n) is 7.65. The maximum Gasteiger partial charge on any atom is 0.243 e.